The average molecular weight is 1710 g/mol. The molecule has 4 fully saturated rings. The summed E-state index contributed by atoms with van der Waals surface area (Å²) in [4.78, 5) is 141. The number of amides is 11. The smallest absolute Gasteiger partial charge is 0.222 e. The zero-order valence-electron chi connectivity index (χ0n) is 69.9. The number of carbonyl (C=O) groups is 11. The van der Waals surface area contributed by atoms with E-state index in [2.05, 4.69) is 53.2 Å². The molecule has 0 bridgehead atoms. The van der Waals surface area contributed by atoms with Crippen molar-refractivity contribution in [2.24, 2.45) is 5.92 Å². The molecular weight excluding hydrogens is 1570 g/mol. The van der Waals surface area contributed by atoms with Crippen LogP contribution < -0.4 is 53.2 Å². The van der Waals surface area contributed by atoms with Crippen LogP contribution in [-0.2, 0) is 90.6 Å². The molecule has 686 valence electrons. The first-order chi connectivity index (χ1) is 57.2. The normalized spacial score (nSPS) is 24.7. The third-order valence-electron chi connectivity index (χ3n) is 20.9. The van der Waals surface area contributed by atoms with Gasteiger partial charge in [-0.15, -0.1) is 0 Å². The summed E-state index contributed by atoms with van der Waals surface area (Å²) in [6.07, 6.45) is -0.630. The second-order valence-electron chi connectivity index (χ2n) is 31.1. The molecule has 3 saturated heterocycles. The van der Waals surface area contributed by atoms with E-state index in [4.69, 9.17) is 37.9 Å². The van der Waals surface area contributed by atoms with E-state index in [0.29, 0.717) is 77.2 Å². The molecule has 20 N–H and O–H groups in total. The van der Waals surface area contributed by atoms with Gasteiger partial charge in [-0.25, -0.2) is 0 Å². The van der Waals surface area contributed by atoms with Crippen LogP contribution in [0.4, 0.5) is 0 Å². The van der Waals surface area contributed by atoms with E-state index in [1.807, 2.05) is 0 Å². The Morgan fingerprint density at radius 3 is 1.09 bits per heavy atom. The van der Waals surface area contributed by atoms with Crippen molar-refractivity contribution in [3.63, 3.8) is 0 Å². The van der Waals surface area contributed by atoms with Crippen LogP contribution in [0, 0.1) is 5.92 Å². The molecule has 1 saturated carbocycles. The minimum atomic E-state index is -1.46. The molecule has 3 heterocycles. The van der Waals surface area contributed by atoms with E-state index >= 15 is 0 Å². The van der Waals surface area contributed by atoms with Gasteiger partial charge in [-0.2, -0.15) is 0 Å². The maximum atomic E-state index is 14.0. The van der Waals surface area contributed by atoms with E-state index in [0.717, 1.165) is 57.8 Å². The molecule has 0 radical (unpaired) electrons. The van der Waals surface area contributed by atoms with E-state index in [9.17, 15) is 104 Å². The fourth-order valence-electron chi connectivity index (χ4n) is 14.3. The van der Waals surface area contributed by atoms with Crippen molar-refractivity contribution < 1.29 is 142 Å². The monoisotopic (exact) mass is 1710 g/mol. The van der Waals surface area contributed by atoms with Crippen molar-refractivity contribution in [3.8, 4) is 0 Å². The van der Waals surface area contributed by atoms with Gasteiger partial charge in [0.25, 0.3) is 0 Å². The molecule has 15 unspecified atom stereocenters. The number of nitrogens with one attached hydrogen (secondary N) is 10. The molecule has 40 heteroatoms. The lowest BCUT2D eigenvalue weighted by atomic mass is 9.79. The predicted octanol–water partition coefficient (Wildman–Crippen LogP) is -4.13. The van der Waals surface area contributed by atoms with E-state index in [-0.39, 0.29) is 217 Å². The van der Waals surface area contributed by atoms with Crippen LogP contribution >= 0.6 is 0 Å². The van der Waals surface area contributed by atoms with Crippen LogP contribution in [0.25, 0.3) is 0 Å². The summed E-state index contributed by atoms with van der Waals surface area (Å²) in [6.45, 7) is 3.52. The Kier molecular flexibility index (Phi) is 53.6. The lowest BCUT2D eigenvalue weighted by molar-refractivity contribution is -0.270. The SMILES string of the molecule is CC(=O)NC1C(OCCCCC(=O)NCCCNC(=O)CCOCC(COCCC(=O)NCCCNC(=O)CCCCOC2OC(CO)C(O)C(O)C2NC(C)=O)(COCCC(=O)NCCCNC(=O)CCCCOC2OC(CO)C(O)C(O)C2NC(C)=O)NC(=O)CCCCCCCCCCC(=O)N2CCC[C@H]2CO)CC(CO)C(O)C1O. The Morgan fingerprint density at radius 2 is 0.714 bits per heavy atom. The van der Waals surface area contributed by atoms with Crippen LogP contribution in [-0.4, -0.2) is 350 Å². The third-order valence-corrected chi connectivity index (χ3v) is 20.9. The first-order valence-corrected chi connectivity index (χ1v) is 42.6. The summed E-state index contributed by atoms with van der Waals surface area (Å²) >= 11 is 0. The molecule has 0 spiro atoms. The zero-order valence-corrected chi connectivity index (χ0v) is 69.9. The molecule has 0 aromatic heterocycles. The van der Waals surface area contributed by atoms with Gasteiger partial charge in [-0.3, -0.25) is 52.7 Å². The minimum absolute atomic E-state index is 0.0240. The van der Waals surface area contributed by atoms with Crippen LogP contribution in [0.15, 0.2) is 0 Å². The summed E-state index contributed by atoms with van der Waals surface area (Å²) in [7, 11) is 0. The minimum Gasteiger partial charge on any atom is -0.396 e. The second-order valence-corrected chi connectivity index (χ2v) is 31.1. The van der Waals surface area contributed by atoms with Gasteiger partial charge in [0.1, 0.15) is 60.4 Å². The van der Waals surface area contributed by atoms with Gasteiger partial charge in [0.2, 0.25) is 65.0 Å². The van der Waals surface area contributed by atoms with Crippen molar-refractivity contribution in [2.45, 2.75) is 298 Å². The highest BCUT2D eigenvalue weighted by Crippen LogP contribution is 2.29. The predicted molar refractivity (Wildman–Crippen MR) is 426 cm³/mol. The quantitative estimate of drug-likeness (QED) is 0.0257. The molecule has 11 amide bonds. The van der Waals surface area contributed by atoms with Gasteiger partial charge in [-0.05, 0) is 89.9 Å². The average Bonchev–Trinajstić information content (AvgIpc) is 1.51. The van der Waals surface area contributed by atoms with E-state index < -0.39 is 128 Å². The number of aliphatic hydroxyl groups is 10. The molecule has 3 aliphatic heterocycles. The molecule has 0 aromatic rings. The molecule has 1 aliphatic carbocycles. The van der Waals surface area contributed by atoms with Gasteiger partial charge in [-0.1, -0.05) is 38.5 Å². The van der Waals surface area contributed by atoms with Crippen molar-refractivity contribution in [3.05, 3.63) is 0 Å². The Hall–Kier alpha value is -6.55. The van der Waals surface area contributed by atoms with Crippen LogP contribution in [0.3, 0.4) is 0 Å². The number of likely N-dealkylation sites (tertiary alicyclic amines) is 1. The maximum absolute atomic E-state index is 14.0. The molecule has 4 aliphatic rings. The molecule has 16 atom stereocenters. The van der Waals surface area contributed by atoms with Crippen molar-refractivity contribution in [1.82, 2.24) is 58.1 Å². The molecule has 0 aromatic carbocycles. The van der Waals surface area contributed by atoms with Crippen molar-refractivity contribution in [2.75, 3.05) is 132 Å². The van der Waals surface area contributed by atoms with E-state index in [1.165, 1.54) is 20.8 Å². The Bertz CT molecular complexity index is 2710. The van der Waals surface area contributed by atoms with E-state index in [1.54, 1.807) is 4.90 Å². The number of nitrogens with zero attached hydrogens (tertiary/aromatic N) is 1. The highest BCUT2D eigenvalue weighted by Gasteiger charge is 2.48. The number of unbranched alkanes of at least 4 members (excludes halogenated alkanes) is 10. The van der Waals surface area contributed by atoms with Crippen molar-refractivity contribution in [1.29, 1.82) is 0 Å². The number of rotatable bonds is 64. The molecule has 40 nitrogen and oxygen atoms in total. The zero-order chi connectivity index (χ0) is 87.3. The topological polar surface area (TPSA) is 587 Å². The number of hydrogen-bond donors (Lipinski definition) is 20. The van der Waals surface area contributed by atoms with Crippen LogP contribution in [0.1, 0.15) is 201 Å². The largest absolute Gasteiger partial charge is 0.396 e. The summed E-state index contributed by atoms with van der Waals surface area (Å²) in [5.74, 6) is -4.13. The number of carbonyl (C=O) groups excluding carboxylic acids is 11. The summed E-state index contributed by atoms with van der Waals surface area (Å²) < 4.78 is 46.9. The molecular formula is C79H141N11O29. The second kappa shape index (κ2) is 60.9. The number of hydrogen-bond acceptors (Lipinski definition) is 29. The lowest BCUT2D eigenvalue weighted by Gasteiger charge is -2.42. The van der Waals surface area contributed by atoms with Crippen LogP contribution in [0.5, 0.6) is 0 Å². The Labute approximate surface area is 697 Å². The molecule has 119 heavy (non-hydrogen) atoms. The van der Waals surface area contributed by atoms with Gasteiger partial charge < -0.3 is 147 Å². The van der Waals surface area contributed by atoms with Gasteiger partial charge in [0.15, 0.2) is 12.6 Å². The number of ether oxygens (including phenoxy) is 8. The summed E-state index contributed by atoms with van der Waals surface area (Å²) in [5.41, 5.74) is -1.42. The lowest BCUT2D eigenvalue weighted by Crippen LogP contribution is -2.64. The fraction of sp³-hybridized carbons (Fsp3) is 0.861. The molecule has 4 rings (SSSR count). The van der Waals surface area contributed by atoms with Gasteiger partial charge in [0.05, 0.1) is 83.8 Å². The van der Waals surface area contributed by atoms with Gasteiger partial charge >= 0.3 is 0 Å². The Morgan fingerprint density at radius 1 is 0.370 bits per heavy atom. The summed E-state index contributed by atoms with van der Waals surface area (Å²) in [6, 6.07) is -3.16. The standard InChI is InChI=1S/C79H141N11O29/c1-52(95)86-68-57(44-55(45-91)71(106)74(68)109)115-38-15-12-23-60(98)80-31-19-34-83-63(101)28-41-112-49-79(89-66(104)26-10-8-6-4-5-7-9-11-27-67(105)90-37-18-22-56(90)46-92,50-113-42-29-64(102)84-35-20-32-81-61(99)24-13-16-39-116-77-69(87-53(2)96)75(110)72(107)58(47-93)118-77)51-114-43-30-65(103)85-36-21-33-82-62(100)25-14-17-40-117-78-70(88-54(3)97)76(111)73(108)59(48-94)119-78/h55-59,68-78,91-94,106-111H,4-51H2,1-3H3,(H,80,98)(H,81,99)(H,82,100)(H,83,101)(H,84,102)(H,85,103)(H,86,95)(H,87,96)(H,88,97)(H,89,104)/t55?,56-,57?,58?,59?,68?,69?,70?,71?,72?,73?,74?,75?,76?,77?,78?,79?/m0/s1. The highest BCUT2D eigenvalue weighted by molar-refractivity contribution is 5.79. The number of aliphatic hydroxyl groups excluding tert-OH is 10. The Balaban J connectivity index is 1.29. The fourth-order valence-corrected chi connectivity index (χ4v) is 14.3. The van der Waals surface area contributed by atoms with Crippen LogP contribution in [0.2, 0.25) is 0 Å². The van der Waals surface area contributed by atoms with Gasteiger partial charge in [0, 0.05) is 150 Å². The maximum Gasteiger partial charge on any atom is 0.222 e. The highest BCUT2D eigenvalue weighted by atomic mass is 16.7. The summed E-state index contributed by atoms with van der Waals surface area (Å²) in [5, 5.41) is 129. The third kappa shape index (κ3) is 42.4. The first kappa shape index (κ1) is 105. The van der Waals surface area contributed by atoms with Crippen molar-refractivity contribution >= 4 is 65.0 Å². The first-order valence-electron chi connectivity index (χ1n) is 42.6.